The highest BCUT2D eigenvalue weighted by atomic mass is 32.2. The van der Waals surface area contributed by atoms with Crippen molar-refractivity contribution in [3.63, 3.8) is 0 Å². The maximum absolute atomic E-state index is 12.4. The van der Waals surface area contributed by atoms with Crippen molar-refractivity contribution < 1.29 is 23.5 Å². The van der Waals surface area contributed by atoms with Gasteiger partial charge < -0.3 is 14.2 Å². The van der Waals surface area contributed by atoms with Gasteiger partial charge in [-0.3, -0.25) is 9.36 Å². The fourth-order valence-corrected chi connectivity index (χ4v) is 5.30. The molecular formula is C14H25O5PS. The number of carbonyl (C=O) groups is 1. The first-order valence-corrected chi connectivity index (χ1v) is 10.0. The third-order valence-electron chi connectivity index (χ3n) is 3.24. The lowest BCUT2D eigenvalue weighted by molar-refractivity contribution is -0.147. The van der Waals surface area contributed by atoms with Crippen LogP contribution in [0.4, 0.5) is 0 Å². The Morgan fingerprint density at radius 3 is 2.67 bits per heavy atom. The summed E-state index contributed by atoms with van der Waals surface area (Å²) in [7, 11) is -3.81. The molecule has 0 radical (unpaired) electrons. The molecule has 0 aromatic carbocycles. The van der Waals surface area contributed by atoms with Gasteiger partial charge in [-0.25, -0.2) is 0 Å². The maximum atomic E-state index is 12.4. The highest BCUT2D eigenvalue weighted by molar-refractivity contribution is 8.03. The van der Waals surface area contributed by atoms with Crippen LogP contribution in [-0.4, -0.2) is 29.8 Å². The summed E-state index contributed by atoms with van der Waals surface area (Å²) in [5.74, 6) is -0.0576. The Kier molecular flexibility index (Phi) is 8.03. The fraction of sp³-hybridized carbons (Fsp3) is 0.786. The maximum Gasteiger partial charge on any atom is 0.355 e. The number of rotatable bonds is 8. The number of allylic oxidation sites excluding steroid dienone is 2. The number of hydrogen-bond acceptors (Lipinski definition) is 5. The van der Waals surface area contributed by atoms with Crippen molar-refractivity contribution in [1.82, 2.24) is 0 Å². The predicted octanol–water partition coefficient (Wildman–Crippen LogP) is 3.93. The van der Waals surface area contributed by atoms with Gasteiger partial charge in [0.2, 0.25) is 0 Å². The predicted molar refractivity (Wildman–Crippen MR) is 85.2 cm³/mol. The molecule has 1 heterocycles. The van der Waals surface area contributed by atoms with Gasteiger partial charge in [-0.1, -0.05) is 13.3 Å². The summed E-state index contributed by atoms with van der Waals surface area (Å²) in [6.45, 7) is 6.02. The van der Waals surface area contributed by atoms with Gasteiger partial charge in [0.05, 0.1) is 24.4 Å². The van der Waals surface area contributed by atoms with E-state index in [4.69, 9.17) is 9.26 Å². The number of carbonyl (C=O) groups excluding carboxylic acids is 1. The second-order valence-corrected chi connectivity index (χ2v) is 7.83. The summed E-state index contributed by atoms with van der Waals surface area (Å²) >= 11 is 1.49. The highest BCUT2D eigenvalue weighted by Crippen LogP contribution is 2.58. The summed E-state index contributed by atoms with van der Waals surface area (Å²) in [6, 6.07) is 0. The molecule has 7 heteroatoms. The molecule has 1 unspecified atom stereocenters. The Hall–Kier alpha value is -0.290. The number of unbranched alkanes of at least 4 members (excludes halogenated alkanes) is 1. The van der Waals surface area contributed by atoms with Crippen molar-refractivity contribution in [2.75, 3.05) is 19.0 Å². The van der Waals surface area contributed by atoms with E-state index in [0.717, 1.165) is 24.2 Å². The topological polar surface area (TPSA) is 72.8 Å². The second kappa shape index (κ2) is 8.99. The van der Waals surface area contributed by atoms with Gasteiger partial charge in [-0.2, -0.15) is 0 Å². The molecule has 1 aliphatic heterocycles. The van der Waals surface area contributed by atoms with E-state index in [2.05, 4.69) is 6.92 Å². The van der Waals surface area contributed by atoms with E-state index in [1.54, 1.807) is 13.8 Å². The summed E-state index contributed by atoms with van der Waals surface area (Å²) in [5.41, 5.74) is 0. The van der Waals surface area contributed by atoms with Gasteiger partial charge in [-0.15, -0.1) is 11.8 Å². The zero-order valence-electron chi connectivity index (χ0n) is 13.0. The van der Waals surface area contributed by atoms with Gasteiger partial charge in [0, 0.05) is 5.75 Å². The molecule has 0 amide bonds. The van der Waals surface area contributed by atoms with Crippen molar-refractivity contribution in [2.24, 2.45) is 5.92 Å². The van der Waals surface area contributed by atoms with Crippen LogP contribution >= 0.6 is 19.4 Å². The van der Waals surface area contributed by atoms with Gasteiger partial charge >= 0.3 is 13.6 Å². The van der Waals surface area contributed by atoms with Gasteiger partial charge in [-0.05, 0) is 38.0 Å². The first kappa shape index (κ1) is 18.8. The van der Waals surface area contributed by atoms with Crippen molar-refractivity contribution in [3.05, 3.63) is 10.2 Å². The molecule has 21 heavy (non-hydrogen) atoms. The highest BCUT2D eigenvalue weighted by Gasteiger charge is 2.37. The number of thioether (sulfide) groups is 1. The van der Waals surface area contributed by atoms with Crippen LogP contribution in [0.5, 0.6) is 0 Å². The SMILES string of the molecule is CCCCC1=C(P(=O)(O)OCC)C[C@H](C(=O)OCC)CS1. The van der Waals surface area contributed by atoms with Crippen LogP contribution in [0, 0.1) is 5.92 Å². The minimum atomic E-state index is -3.81. The van der Waals surface area contributed by atoms with Crippen LogP contribution in [0.15, 0.2) is 10.2 Å². The van der Waals surface area contributed by atoms with Gasteiger partial charge in [0.15, 0.2) is 0 Å². The minimum absolute atomic E-state index is 0.174. The van der Waals surface area contributed by atoms with E-state index in [9.17, 15) is 14.3 Å². The number of esters is 1. The molecule has 0 spiro atoms. The second-order valence-electron chi connectivity index (χ2n) is 4.88. The molecule has 5 nitrogen and oxygen atoms in total. The number of hydrogen-bond donors (Lipinski definition) is 1. The lowest BCUT2D eigenvalue weighted by Crippen LogP contribution is -2.24. The van der Waals surface area contributed by atoms with E-state index in [0.29, 0.717) is 17.7 Å². The Morgan fingerprint density at radius 1 is 1.38 bits per heavy atom. The molecule has 1 rings (SSSR count). The molecule has 0 fully saturated rings. The largest absolute Gasteiger partial charge is 0.466 e. The number of ether oxygens (including phenoxy) is 1. The molecular weight excluding hydrogens is 311 g/mol. The molecule has 0 aromatic rings. The standard InChI is InChI=1S/C14H25O5PS/c1-4-7-8-13-12(20(16,17)19-6-3)9-11(10-21-13)14(15)18-5-2/h11H,4-10H2,1-3H3,(H,16,17)/t11-/m0/s1. The lowest BCUT2D eigenvalue weighted by Gasteiger charge is -2.27. The molecule has 0 saturated carbocycles. The fourth-order valence-electron chi connectivity index (χ4n) is 2.18. The van der Waals surface area contributed by atoms with E-state index in [-0.39, 0.29) is 24.9 Å². The van der Waals surface area contributed by atoms with E-state index in [1.165, 1.54) is 11.8 Å². The average Bonchev–Trinajstić information content (AvgIpc) is 2.45. The third-order valence-corrected chi connectivity index (χ3v) is 6.51. The minimum Gasteiger partial charge on any atom is -0.466 e. The monoisotopic (exact) mass is 336 g/mol. The molecule has 0 aliphatic carbocycles. The zero-order chi connectivity index (χ0) is 15.9. The average molecular weight is 336 g/mol. The molecule has 122 valence electrons. The van der Waals surface area contributed by atoms with E-state index in [1.807, 2.05) is 0 Å². The van der Waals surface area contributed by atoms with Crippen LogP contribution in [0.25, 0.3) is 0 Å². The molecule has 0 saturated heterocycles. The summed E-state index contributed by atoms with van der Waals surface area (Å²) in [5, 5.41) is 0.409. The molecule has 0 aromatic heterocycles. The van der Waals surface area contributed by atoms with Crippen molar-refractivity contribution in [3.8, 4) is 0 Å². The molecule has 2 atom stereocenters. The third kappa shape index (κ3) is 5.44. The Bertz CT molecular complexity index is 435. The Labute approximate surface area is 131 Å². The van der Waals surface area contributed by atoms with E-state index >= 15 is 0 Å². The van der Waals surface area contributed by atoms with Crippen molar-refractivity contribution in [2.45, 2.75) is 46.5 Å². The van der Waals surface area contributed by atoms with Gasteiger partial charge in [0.25, 0.3) is 0 Å². The zero-order valence-corrected chi connectivity index (χ0v) is 14.7. The van der Waals surface area contributed by atoms with Crippen LogP contribution in [-0.2, 0) is 18.6 Å². The summed E-state index contributed by atoms with van der Waals surface area (Å²) in [4.78, 5) is 22.9. The summed E-state index contributed by atoms with van der Waals surface area (Å²) < 4.78 is 22.5. The van der Waals surface area contributed by atoms with Gasteiger partial charge in [0.1, 0.15) is 0 Å². The summed E-state index contributed by atoms with van der Waals surface area (Å²) in [6.07, 6.45) is 3.01. The first-order chi connectivity index (χ1) is 9.96. The van der Waals surface area contributed by atoms with Crippen LogP contribution in [0.2, 0.25) is 0 Å². The van der Waals surface area contributed by atoms with E-state index < -0.39 is 7.60 Å². The Morgan fingerprint density at radius 2 is 2.10 bits per heavy atom. The molecule has 0 bridgehead atoms. The normalized spacial score (nSPS) is 22.0. The van der Waals surface area contributed by atoms with Crippen LogP contribution in [0.1, 0.15) is 46.5 Å². The Balaban J connectivity index is 2.96. The molecule has 1 N–H and O–H groups in total. The quantitative estimate of drug-likeness (QED) is 0.535. The molecule has 1 aliphatic rings. The lowest BCUT2D eigenvalue weighted by atomic mass is 10.1. The van der Waals surface area contributed by atoms with Crippen molar-refractivity contribution in [1.29, 1.82) is 0 Å². The smallest absolute Gasteiger partial charge is 0.355 e. The first-order valence-electron chi connectivity index (χ1n) is 7.45. The van der Waals surface area contributed by atoms with Crippen LogP contribution < -0.4 is 0 Å². The van der Waals surface area contributed by atoms with Crippen LogP contribution in [0.3, 0.4) is 0 Å². The van der Waals surface area contributed by atoms with Crippen molar-refractivity contribution >= 4 is 25.3 Å².